The van der Waals surface area contributed by atoms with Crippen molar-refractivity contribution in [1.82, 2.24) is 10.2 Å². The van der Waals surface area contributed by atoms with E-state index in [1.807, 2.05) is 27.7 Å². The van der Waals surface area contributed by atoms with Gasteiger partial charge in [-0.2, -0.15) is 0 Å². The topological polar surface area (TPSA) is 80.3 Å². The average molecular weight is 543 g/mol. The van der Waals surface area contributed by atoms with E-state index in [0.717, 1.165) is 57.4 Å². The van der Waals surface area contributed by atoms with Gasteiger partial charge >= 0.3 is 6.09 Å². The second-order valence-electron chi connectivity index (χ2n) is 14.0. The van der Waals surface area contributed by atoms with Crippen LogP contribution in [0.3, 0.4) is 0 Å². The third kappa shape index (κ3) is 6.94. The first-order valence-electron chi connectivity index (χ1n) is 15.0. The summed E-state index contributed by atoms with van der Waals surface area (Å²) < 4.78 is 17.8. The monoisotopic (exact) mass is 542 g/mol. The number of nitrogens with zero attached hydrogens (tertiary/aromatic N) is 1. The highest BCUT2D eigenvalue weighted by atomic mass is 16.6. The molecule has 1 heterocycles. The fourth-order valence-corrected chi connectivity index (χ4v) is 6.87. The van der Waals surface area contributed by atoms with E-state index in [2.05, 4.69) is 50.0 Å². The molecular weight excluding hydrogens is 491 g/mol. The number of carbonyl (C=O) groups excluding carboxylic acids is 1. The summed E-state index contributed by atoms with van der Waals surface area (Å²) in [7, 11) is 0.683. The Balaban J connectivity index is 1.13. The van der Waals surface area contributed by atoms with Crippen molar-refractivity contribution < 1.29 is 24.0 Å². The van der Waals surface area contributed by atoms with E-state index >= 15 is 0 Å². The molecule has 5 rings (SSSR count). The molecule has 8 heteroatoms. The third-order valence-corrected chi connectivity index (χ3v) is 9.62. The number of likely N-dealkylation sites (tertiary alicyclic amines) is 1. The highest BCUT2D eigenvalue weighted by Gasteiger charge is 2.63. The first kappa shape index (κ1) is 30.2. The predicted molar refractivity (Wildman–Crippen MR) is 157 cm³/mol. The van der Waals surface area contributed by atoms with Gasteiger partial charge in [-0.3, -0.25) is 4.90 Å². The highest BCUT2D eigenvalue weighted by Crippen LogP contribution is 2.63. The summed E-state index contributed by atoms with van der Waals surface area (Å²) in [5.74, 6) is 1.99. The van der Waals surface area contributed by atoms with Gasteiger partial charge in [0.05, 0.1) is 11.7 Å². The molecule has 4 aliphatic rings. The zero-order valence-corrected chi connectivity index (χ0v) is 25.6. The van der Waals surface area contributed by atoms with Crippen LogP contribution in [-0.2, 0) is 15.8 Å². The van der Waals surface area contributed by atoms with E-state index < -0.39 is 11.2 Å². The number of benzene rings is 1. The van der Waals surface area contributed by atoms with Crippen LogP contribution in [0.5, 0.6) is 5.75 Å². The van der Waals surface area contributed by atoms with E-state index in [-0.39, 0.29) is 23.7 Å². The van der Waals surface area contributed by atoms with E-state index in [4.69, 9.17) is 14.1 Å². The van der Waals surface area contributed by atoms with Gasteiger partial charge < -0.3 is 24.6 Å². The van der Waals surface area contributed by atoms with Gasteiger partial charge in [0.15, 0.2) is 0 Å². The summed E-state index contributed by atoms with van der Waals surface area (Å²) in [5.41, 5.74) is 2.90. The zero-order valence-electron chi connectivity index (χ0n) is 25.6. The third-order valence-electron chi connectivity index (χ3n) is 9.62. The lowest BCUT2D eigenvalue weighted by Crippen LogP contribution is -2.67. The number of aliphatic hydroxyl groups is 1. The van der Waals surface area contributed by atoms with Gasteiger partial charge in [0, 0.05) is 26.2 Å². The minimum absolute atomic E-state index is 0.0452. The van der Waals surface area contributed by atoms with Crippen LogP contribution >= 0.6 is 0 Å². The number of alkyl carbamates (subject to hydrolysis) is 1. The Labute approximate surface area is 236 Å². The molecule has 0 spiro atoms. The summed E-state index contributed by atoms with van der Waals surface area (Å²) in [4.78, 5) is 14.1. The van der Waals surface area contributed by atoms with Crippen molar-refractivity contribution in [3.8, 4) is 5.75 Å². The molecule has 2 unspecified atom stereocenters. The Morgan fingerprint density at radius 1 is 1.15 bits per heavy atom. The summed E-state index contributed by atoms with van der Waals surface area (Å²) in [6.07, 6.45) is 4.73. The smallest absolute Gasteiger partial charge is 0.407 e. The second kappa shape index (κ2) is 11.6. The lowest BCUT2D eigenvalue weighted by molar-refractivity contribution is -0.238. The summed E-state index contributed by atoms with van der Waals surface area (Å²) in [5, 5.41) is 14.0. The maximum Gasteiger partial charge on any atom is 0.407 e. The van der Waals surface area contributed by atoms with Gasteiger partial charge in [0.1, 0.15) is 17.5 Å². The van der Waals surface area contributed by atoms with Gasteiger partial charge in [0.25, 0.3) is 7.48 Å². The van der Waals surface area contributed by atoms with Crippen LogP contribution in [-0.4, -0.2) is 73.2 Å². The molecule has 1 saturated heterocycles. The summed E-state index contributed by atoms with van der Waals surface area (Å²) in [6.45, 7) is 19.9. The standard InChI is InChI=1S/C31H51BN2O5/c1-20-21(2)25(37-24-18-34(19-24)15-9-14-33-28(35)38-29(3,4)5)11-10-22(20)12-13-32-39-27-17-23-16-26(30(23,6)7)31(27,8)36/h10-11,23-24,26-27,32,36H,9,12-19H2,1-8H3,(H,33,35)/t23-,26?,27+,31?/m0/s1. The molecule has 7 nitrogen and oxygen atoms in total. The van der Waals surface area contributed by atoms with Crippen LogP contribution in [0.4, 0.5) is 4.79 Å². The zero-order chi connectivity index (χ0) is 28.6. The first-order valence-corrected chi connectivity index (χ1v) is 15.0. The van der Waals surface area contributed by atoms with Crippen molar-refractivity contribution in [2.45, 2.75) is 111 Å². The lowest BCUT2D eigenvalue weighted by Gasteiger charge is -2.65. The SMILES string of the molecule is Cc1c(CCBO[C@@H]2C[C@@H]3CC(C3(C)C)C2(C)O)ccc(OC2CN(CCCNC(=O)OC(C)(C)C)C2)c1C. The number of carbonyl (C=O) groups is 1. The van der Waals surface area contributed by atoms with Crippen LogP contribution in [0.2, 0.25) is 6.32 Å². The van der Waals surface area contributed by atoms with Gasteiger partial charge in [-0.05, 0) is 114 Å². The molecule has 1 amide bonds. The number of hydrogen-bond donors (Lipinski definition) is 2. The average Bonchev–Trinajstić information content (AvgIpc) is 2.80. The molecule has 3 saturated carbocycles. The van der Waals surface area contributed by atoms with Crippen LogP contribution in [0.1, 0.15) is 77.5 Å². The molecule has 3 aliphatic carbocycles. The predicted octanol–water partition coefficient (Wildman–Crippen LogP) is 4.80. The molecular formula is C31H51BN2O5. The Bertz CT molecular complexity index is 1010. The van der Waals surface area contributed by atoms with Crippen molar-refractivity contribution >= 4 is 13.6 Å². The molecule has 1 aromatic rings. The van der Waals surface area contributed by atoms with Crippen molar-refractivity contribution in [3.63, 3.8) is 0 Å². The van der Waals surface area contributed by atoms with Crippen molar-refractivity contribution in [2.75, 3.05) is 26.2 Å². The lowest BCUT2D eigenvalue weighted by atomic mass is 9.43. The number of hydrogen-bond acceptors (Lipinski definition) is 6. The van der Waals surface area contributed by atoms with Gasteiger partial charge in [0.2, 0.25) is 0 Å². The molecule has 2 bridgehead atoms. The summed E-state index contributed by atoms with van der Waals surface area (Å²) in [6, 6.07) is 4.32. The Morgan fingerprint density at radius 2 is 1.87 bits per heavy atom. The summed E-state index contributed by atoms with van der Waals surface area (Å²) >= 11 is 0. The maximum atomic E-state index is 11.7. The number of nitrogens with one attached hydrogen (secondary N) is 1. The van der Waals surface area contributed by atoms with Crippen molar-refractivity contribution in [1.29, 1.82) is 0 Å². The van der Waals surface area contributed by atoms with E-state index in [9.17, 15) is 9.90 Å². The molecule has 1 aliphatic heterocycles. The van der Waals surface area contributed by atoms with Crippen molar-refractivity contribution in [3.05, 3.63) is 28.8 Å². The molecule has 4 fully saturated rings. The highest BCUT2D eigenvalue weighted by molar-refractivity contribution is 6.27. The Kier molecular flexibility index (Phi) is 8.99. The van der Waals surface area contributed by atoms with Gasteiger partial charge in [-0.1, -0.05) is 19.9 Å². The minimum atomic E-state index is -0.724. The van der Waals surface area contributed by atoms with Crippen LogP contribution in [0.25, 0.3) is 0 Å². The van der Waals surface area contributed by atoms with Gasteiger partial charge in [-0.15, -0.1) is 0 Å². The Morgan fingerprint density at radius 3 is 2.51 bits per heavy atom. The molecule has 4 atom stereocenters. The van der Waals surface area contributed by atoms with Crippen LogP contribution in [0, 0.1) is 31.1 Å². The normalized spacial score (nSPS) is 28.3. The molecule has 2 N–H and O–H groups in total. The Hall–Kier alpha value is -1.77. The van der Waals surface area contributed by atoms with E-state index in [1.54, 1.807) is 0 Å². The fraction of sp³-hybridized carbons (Fsp3) is 0.774. The number of rotatable bonds is 11. The number of fused-ring (bicyclic) bond motifs is 2. The number of ether oxygens (including phenoxy) is 2. The largest absolute Gasteiger partial charge is 0.487 e. The number of amides is 1. The van der Waals surface area contributed by atoms with Gasteiger partial charge in [-0.25, -0.2) is 4.79 Å². The maximum absolute atomic E-state index is 11.7. The number of aryl methyl sites for hydroxylation is 1. The van der Waals surface area contributed by atoms with Crippen LogP contribution < -0.4 is 10.1 Å². The quantitative estimate of drug-likeness (QED) is 0.309. The minimum Gasteiger partial charge on any atom is -0.487 e. The fourth-order valence-electron chi connectivity index (χ4n) is 6.87. The molecule has 218 valence electrons. The molecule has 1 aromatic carbocycles. The second-order valence-corrected chi connectivity index (χ2v) is 14.0. The van der Waals surface area contributed by atoms with E-state index in [0.29, 0.717) is 25.9 Å². The van der Waals surface area contributed by atoms with Crippen molar-refractivity contribution in [2.24, 2.45) is 17.3 Å². The molecule has 39 heavy (non-hydrogen) atoms. The van der Waals surface area contributed by atoms with E-state index in [1.165, 1.54) is 16.7 Å². The van der Waals surface area contributed by atoms with Crippen LogP contribution in [0.15, 0.2) is 12.1 Å². The first-order chi connectivity index (χ1) is 18.2. The molecule has 0 aromatic heterocycles. The molecule has 0 radical (unpaired) electrons.